The van der Waals surface area contributed by atoms with Crippen LogP contribution in [0.4, 0.5) is 0 Å². The van der Waals surface area contributed by atoms with Crippen molar-refractivity contribution >= 4 is 63.7 Å². The van der Waals surface area contributed by atoms with E-state index < -0.39 is 44.5 Å². The maximum atomic E-state index is 13.3. The lowest BCUT2D eigenvalue weighted by atomic mass is 9.96. The maximum absolute atomic E-state index is 13.3. The Kier molecular flexibility index (Phi) is 5.26. The van der Waals surface area contributed by atoms with Gasteiger partial charge in [0, 0.05) is 32.6 Å². The summed E-state index contributed by atoms with van der Waals surface area (Å²) in [5.74, 6) is -0.834. The van der Waals surface area contributed by atoms with Gasteiger partial charge in [-0.3, -0.25) is 14.9 Å². The van der Waals surface area contributed by atoms with Crippen LogP contribution in [0.25, 0.3) is 43.6 Å². The second-order valence-electron chi connectivity index (χ2n) is 12.8. The number of carbonyl (C=O) groups is 2. The number of aromatic amines is 1. The number of hydrogen-bond acceptors (Lipinski definition) is 5. The lowest BCUT2D eigenvalue weighted by Crippen LogP contribution is -2.46. The summed E-state index contributed by atoms with van der Waals surface area (Å²) >= 11 is 0. The summed E-state index contributed by atoms with van der Waals surface area (Å²) in [5.41, 5.74) is 3.87. The Bertz CT molecular complexity index is 1900. The zero-order chi connectivity index (χ0) is 28.3. The number of nitrogens with zero attached hydrogens (tertiary/aromatic N) is 1. The number of amides is 2. The minimum atomic E-state index is -2.24. The van der Waals surface area contributed by atoms with Gasteiger partial charge in [0.1, 0.15) is 12.2 Å². The molecule has 3 aromatic carbocycles. The van der Waals surface area contributed by atoms with E-state index in [1.165, 1.54) is 0 Å². The predicted molar refractivity (Wildman–Crippen MR) is 158 cm³/mol. The van der Waals surface area contributed by atoms with Crippen LogP contribution in [0.1, 0.15) is 53.9 Å². The molecule has 1 unspecified atom stereocenters. The molecular weight excluding hydrogens is 522 g/mol. The molecule has 2 aromatic heterocycles. The molecule has 4 atom stereocenters. The summed E-state index contributed by atoms with van der Waals surface area (Å²) in [6.07, 6.45) is -2.27. The highest BCUT2D eigenvalue weighted by molar-refractivity contribution is 6.74. The molecule has 1 saturated carbocycles. The molecule has 0 saturated heterocycles. The third-order valence-electron chi connectivity index (χ3n) is 9.47. The van der Waals surface area contributed by atoms with E-state index in [1.54, 1.807) is 0 Å². The van der Waals surface area contributed by atoms with E-state index in [2.05, 4.69) is 48.7 Å². The van der Waals surface area contributed by atoms with Crippen LogP contribution in [0, 0.1) is 0 Å². The maximum Gasteiger partial charge on any atom is 0.259 e. The number of H-pyrrole nitrogens is 1. The third kappa shape index (κ3) is 3.29. The molecule has 0 spiro atoms. The third-order valence-corrected chi connectivity index (χ3v) is 14.0. The van der Waals surface area contributed by atoms with E-state index in [4.69, 9.17) is 4.43 Å². The fourth-order valence-corrected chi connectivity index (χ4v) is 7.86. The molecule has 206 valence electrons. The number of aliphatic hydroxyl groups excluding tert-OH is 2. The molecule has 4 N–H and O–H groups in total. The van der Waals surface area contributed by atoms with Crippen molar-refractivity contribution in [3.63, 3.8) is 0 Å². The number of nitrogens with one attached hydrogen (secondary N) is 2. The second kappa shape index (κ2) is 8.26. The summed E-state index contributed by atoms with van der Waals surface area (Å²) in [6, 6.07) is 15.0. The highest BCUT2D eigenvalue weighted by Gasteiger charge is 2.49. The Hall–Kier alpha value is -3.50. The molecule has 0 bridgehead atoms. The van der Waals surface area contributed by atoms with Crippen LogP contribution in [-0.4, -0.2) is 58.2 Å². The number of hydrogen-bond donors (Lipinski definition) is 4. The lowest BCUT2D eigenvalue weighted by molar-refractivity contribution is -0.0199. The molecule has 2 aliphatic rings. The summed E-state index contributed by atoms with van der Waals surface area (Å²) < 4.78 is 8.70. The minimum absolute atomic E-state index is 0.0560. The van der Waals surface area contributed by atoms with E-state index in [1.807, 2.05) is 48.5 Å². The van der Waals surface area contributed by atoms with Gasteiger partial charge in [-0.15, -0.1) is 0 Å². The molecule has 2 amide bonds. The molecular formula is C31H33N3O5Si. The molecule has 8 nitrogen and oxygen atoms in total. The van der Waals surface area contributed by atoms with Crippen molar-refractivity contribution < 1.29 is 24.2 Å². The van der Waals surface area contributed by atoms with Crippen molar-refractivity contribution in [1.29, 1.82) is 0 Å². The number of aliphatic hydroxyl groups is 2. The summed E-state index contributed by atoms with van der Waals surface area (Å²) in [5, 5.41) is 28.3. The van der Waals surface area contributed by atoms with Crippen molar-refractivity contribution in [3.8, 4) is 0 Å². The van der Waals surface area contributed by atoms with Crippen LogP contribution >= 0.6 is 0 Å². The quantitative estimate of drug-likeness (QED) is 0.176. The highest BCUT2D eigenvalue weighted by Crippen LogP contribution is 2.48. The number of carbonyl (C=O) groups excluding carboxylic acids is 2. The van der Waals surface area contributed by atoms with E-state index in [9.17, 15) is 19.8 Å². The molecule has 9 heteroatoms. The van der Waals surface area contributed by atoms with Gasteiger partial charge in [0.2, 0.25) is 0 Å². The topological polar surface area (TPSA) is 117 Å². The van der Waals surface area contributed by atoms with Crippen molar-refractivity contribution in [2.45, 2.75) is 69.7 Å². The fraction of sp³-hybridized carbons (Fsp3) is 0.355. The minimum Gasteiger partial charge on any atom is -0.411 e. The number of rotatable bonds is 3. The van der Waals surface area contributed by atoms with Crippen LogP contribution in [0.2, 0.25) is 18.1 Å². The van der Waals surface area contributed by atoms with Crippen LogP contribution in [0.3, 0.4) is 0 Å². The van der Waals surface area contributed by atoms with E-state index in [0.29, 0.717) is 28.3 Å². The van der Waals surface area contributed by atoms with Gasteiger partial charge in [-0.05, 0) is 36.7 Å². The standard InChI is InChI=1S/C31H33N3O5Si/c1-31(2,3)40(4,5)39-20-14-19(27(35)28(20)36)34-18-13-9-7-11-16(18)22-24-23(29(37)33-30(24)38)21-15-10-6-8-12-17(15)32-25(21)26(22)34/h6-13,19-20,27-28,32,35-36H,14H2,1-5H3,(H,33,37,38)/t19?,20-,27-,28+/m0/s1. The Morgan fingerprint density at radius 3 is 2.23 bits per heavy atom. The zero-order valence-electron chi connectivity index (χ0n) is 23.2. The number of aromatic nitrogens is 2. The first-order valence-electron chi connectivity index (χ1n) is 13.8. The van der Waals surface area contributed by atoms with Crippen LogP contribution in [0.5, 0.6) is 0 Å². The Balaban J connectivity index is 1.55. The molecule has 5 aromatic rings. The summed E-state index contributed by atoms with van der Waals surface area (Å²) in [7, 11) is -2.24. The Labute approximate surface area is 232 Å². The smallest absolute Gasteiger partial charge is 0.259 e. The second-order valence-corrected chi connectivity index (χ2v) is 17.5. The molecule has 0 radical (unpaired) electrons. The Morgan fingerprint density at radius 1 is 0.900 bits per heavy atom. The van der Waals surface area contributed by atoms with E-state index in [-0.39, 0.29) is 5.04 Å². The van der Waals surface area contributed by atoms with Crippen molar-refractivity contribution in [3.05, 3.63) is 59.7 Å². The normalized spacial score (nSPS) is 23.7. The van der Waals surface area contributed by atoms with Crippen LogP contribution < -0.4 is 5.32 Å². The first-order valence-corrected chi connectivity index (χ1v) is 16.7. The van der Waals surface area contributed by atoms with Crippen molar-refractivity contribution in [1.82, 2.24) is 14.9 Å². The Morgan fingerprint density at radius 2 is 1.52 bits per heavy atom. The largest absolute Gasteiger partial charge is 0.411 e. The molecule has 7 rings (SSSR count). The van der Waals surface area contributed by atoms with Gasteiger partial charge < -0.3 is 24.2 Å². The summed E-state index contributed by atoms with van der Waals surface area (Å²) in [6.45, 7) is 10.8. The fourth-order valence-electron chi connectivity index (χ4n) is 6.51. The van der Waals surface area contributed by atoms with Gasteiger partial charge in [0.15, 0.2) is 8.32 Å². The molecule has 1 aliphatic heterocycles. The molecule has 1 fully saturated rings. The molecule has 1 aliphatic carbocycles. The SMILES string of the molecule is CC(C)(C)[Si](C)(C)O[C@H]1CC(n2c3ccccc3c3c4c(c5c6ccccc6[nH]c5c32)C(=O)NC4=O)[C@H](O)[C@@H]1O. The molecule has 3 heterocycles. The number of benzene rings is 3. The number of para-hydroxylation sites is 2. The van der Waals surface area contributed by atoms with Gasteiger partial charge in [-0.25, -0.2) is 0 Å². The van der Waals surface area contributed by atoms with Crippen molar-refractivity contribution in [2.75, 3.05) is 0 Å². The average Bonchev–Trinajstić information content (AvgIpc) is 3.59. The highest BCUT2D eigenvalue weighted by atomic mass is 28.4. The zero-order valence-corrected chi connectivity index (χ0v) is 24.2. The van der Waals surface area contributed by atoms with Gasteiger partial charge >= 0.3 is 0 Å². The first-order chi connectivity index (χ1) is 18.9. The van der Waals surface area contributed by atoms with Gasteiger partial charge in [-0.2, -0.15) is 0 Å². The van der Waals surface area contributed by atoms with Gasteiger partial charge in [0.25, 0.3) is 11.8 Å². The van der Waals surface area contributed by atoms with Crippen LogP contribution in [0.15, 0.2) is 48.5 Å². The monoisotopic (exact) mass is 555 g/mol. The van der Waals surface area contributed by atoms with Crippen molar-refractivity contribution in [2.24, 2.45) is 0 Å². The van der Waals surface area contributed by atoms with E-state index >= 15 is 0 Å². The first kappa shape index (κ1) is 25.5. The number of imide groups is 1. The van der Waals surface area contributed by atoms with E-state index in [0.717, 1.165) is 32.8 Å². The van der Waals surface area contributed by atoms with Gasteiger partial charge in [-0.1, -0.05) is 57.2 Å². The molecule has 40 heavy (non-hydrogen) atoms. The van der Waals surface area contributed by atoms with Gasteiger partial charge in [0.05, 0.1) is 34.3 Å². The average molecular weight is 556 g/mol. The number of fused-ring (bicyclic) bond motifs is 10. The summed E-state index contributed by atoms with van der Waals surface area (Å²) in [4.78, 5) is 30.0. The predicted octanol–water partition coefficient (Wildman–Crippen LogP) is 5.37. The van der Waals surface area contributed by atoms with Crippen LogP contribution in [-0.2, 0) is 4.43 Å². The lowest BCUT2D eigenvalue weighted by Gasteiger charge is -2.39.